The first-order chi connectivity index (χ1) is 12.3. The molecule has 0 unspecified atom stereocenters. The molecule has 1 atom stereocenters. The Balaban J connectivity index is 2.16. The minimum Gasteiger partial charge on any atom is -0.445 e. The average Bonchev–Trinajstić information content (AvgIpc) is 2.58. The highest BCUT2D eigenvalue weighted by Gasteiger charge is 2.16. The summed E-state index contributed by atoms with van der Waals surface area (Å²) >= 11 is 0. The molecule has 0 saturated heterocycles. The largest absolute Gasteiger partial charge is 0.445 e. The lowest BCUT2D eigenvalue weighted by molar-refractivity contribution is 0.0526. The predicted molar refractivity (Wildman–Crippen MR) is 98.7 cm³/mol. The Hall–Kier alpha value is -2.28. The lowest BCUT2D eigenvalue weighted by Gasteiger charge is -2.20. The highest BCUT2D eigenvalue weighted by Crippen LogP contribution is 2.07. The fraction of sp³-hybridized carbons (Fsp3) is 0.579. The third-order valence-corrected chi connectivity index (χ3v) is 3.40. The van der Waals surface area contributed by atoms with Gasteiger partial charge in [0.2, 0.25) is 0 Å². The molecule has 0 fully saturated rings. The van der Waals surface area contributed by atoms with E-state index >= 15 is 0 Å². The Bertz CT molecular complexity index is 543. The quantitative estimate of drug-likeness (QED) is 0.584. The van der Waals surface area contributed by atoms with Crippen molar-refractivity contribution < 1.29 is 24.2 Å². The van der Waals surface area contributed by atoms with E-state index in [1.165, 1.54) is 0 Å². The molecule has 0 radical (unpaired) electrons. The first-order valence-electron chi connectivity index (χ1n) is 8.85. The van der Waals surface area contributed by atoms with E-state index in [2.05, 4.69) is 10.6 Å². The number of hydrogen-bond acceptors (Lipinski definition) is 5. The summed E-state index contributed by atoms with van der Waals surface area (Å²) in [4.78, 5) is 23.3. The molecule has 0 aliphatic carbocycles. The van der Waals surface area contributed by atoms with Crippen molar-refractivity contribution >= 4 is 12.2 Å². The van der Waals surface area contributed by atoms with Gasteiger partial charge in [0, 0.05) is 6.54 Å². The van der Waals surface area contributed by atoms with Crippen molar-refractivity contribution in [2.24, 2.45) is 0 Å². The van der Waals surface area contributed by atoms with Gasteiger partial charge in [0.15, 0.2) is 0 Å². The number of nitrogens with one attached hydrogen (secondary N) is 2. The van der Waals surface area contributed by atoms with Gasteiger partial charge >= 0.3 is 12.2 Å². The van der Waals surface area contributed by atoms with E-state index in [9.17, 15) is 14.7 Å². The highest BCUT2D eigenvalue weighted by molar-refractivity contribution is 5.68. The third-order valence-electron chi connectivity index (χ3n) is 3.40. The molecule has 7 nitrogen and oxygen atoms in total. The van der Waals surface area contributed by atoms with Crippen LogP contribution < -0.4 is 10.6 Å². The Morgan fingerprint density at radius 2 is 1.81 bits per heavy atom. The smallest absolute Gasteiger partial charge is 0.407 e. The Morgan fingerprint density at radius 3 is 2.42 bits per heavy atom. The van der Waals surface area contributed by atoms with Crippen molar-refractivity contribution in [1.29, 1.82) is 0 Å². The molecule has 0 aliphatic heterocycles. The third kappa shape index (κ3) is 10.6. The zero-order chi connectivity index (χ0) is 19.4. The van der Waals surface area contributed by atoms with Gasteiger partial charge in [-0.2, -0.15) is 0 Å². The molecule has 1 aromatic rings. The number of ether oxygens (including phenoxy) is 2. The van der Waals surface area contributed by atoms with Crippen LogP contribution in [0.1, 0.15) is 45.6 Å². The van der Waals surface area contributed by atoms with Crippen LogP contribution in [0.4, 0.5) is 9.59 Å². The molecule has 3 N–H and O–H groups in total. The molecule has 0 saturated carbocycles. The molecule has 0 spiro atoms. The molecule has 2 amide bonds. The second-order valence-corrected chi connectivity index (χ2v) is 7.01. The van der Waals surface area contributed by atoms with Crippen LogP contribution in [0, 0.1) is 0 Å². The fourth-order valence-corrected chi connectivity index (χ4v) is 2.16. The molecular formula is C19H30N2O5. The number of alkyl carbamates (subject to hydrolysis) is 2. The summed E-state index contributed by atoms with van der Waals surface area (Å²) in [6.07, 6.45) is 1.04. The van der Waals surface area contributed by atoms with Crippen LogP contribution in [0.2, 0.25) is 0 Å². The van der Waals surface area contributed by atoms with E-state index in [1.807, 2.05) is 30.3 Å². The second-order valence-electron chi connectivity index (χ2n) is 7.01. The molecule has 0 bridgehead atoms. The molecular weight excluding hydrogens is 336 g/mol. The Labute approximate surface area is 155 Å². The lowest BCUT2D eigenvalue weighted by Crippen LogP contribution is -2.38. The minimum atomic E-state index is -0.556. The van der Waals surface area contributed by atoms with Crippen LogP contribution in [-0.2, 0) is 16.1 Å². The van der Waals surface area contributed by atoms with Gasteiger partial charge in [-0.05, 0) is 45.6 Å². The maximum atomic E-state index is 11.8. The number of aliphatic hydroxyl groups is 1. The van der Waals surface area contributed by atoms with Crippen molar-refractivity contribution in [2.45, 2.75) is 58.3 Å². The maximum Gasteiger partial charge on any atom is 0.407 e. The molecule has 7 heteroatoms. The van der Waals surface area contributed by atoms with Gasteiger partial charge in [-0.25, -0.2) is 9.59 Å². The van der Waals surface area contributed by atoms with E-state index < -0.39 is 17.8 Å². The molecule has 1 aromatic carbocycles. The zero-order valence-electron chi connectivity index (χ0n) is 15.8. The number of rotatable bonds is 9. The van der Waals surface area contributed by atoms with Crippen molar-refractivity contribution in [3.05, 3.63) is 35.9 Å². The van der Waals surface area contributed by atoms with Crippen LogP contribution in [0.3, 0.4) is 0 Å². The SMILES string of the molecule is CC(C)(C)OC(=O)NCCCC[C@@H](CO)NC(=O)OCc1ccccc1. The number of unbranched alkanes of at least 4 members (excludes halogenated alkanes) is 1. The van der Waals surface area contributed by atoms with Crippen molar-refractivity contribution in [3.63, 3.8) is 0 Å². The standard InChI is InChI=1S/C19H30N2O5/c1-19(2,3)26-17(23)20-12-8-7-11-16(13-22)21-18(24)25-14-15-9-5-4-6-10-15/h4-6,9-10,16,22H,7-8,11-14H2,1-3H3,(H,20,23)(H,21,24)/t16-/m0/s1. The summed E-state index contributed by atoms with van der Waals surface area (Å²) in [5.41, 5.74) is 0.382. The van der Waals surface area contributed by atoms with Crippen molar-refractivity contribution in [1.82, 2.24) is 10.6 Å². The second kappa shape index (κ2) is 11.4. The van der Waals surface area contributed by atoms with Gasteiger partial charge in [-0.15, -0.1) is 0 Å². The van der Waals surface area contributed by atoms with Gasteiger partial charge in [0.1, 0.15) is 12.2 Å². The van der Waals surface area contributed by atoms with E-state index in [4.69, 9.17) is 9.47 Å². The number of carbonyl (C=O) groups is 2. The average molecular weight is 366 g/mol. The molecule has 0 heterocycles. The summed E-state index contributed by atoms with van der Waals surface area (Å²) < 4.78 is 10.3. The van der Waals surface area contributed by atoms with E-state index in [-0.39, 0.29) is 19.3 Å². The topological polar surface area (TPSA) is 96.9 Å². The zero-order valence-corrected chi connectivity index (χ0v) is 15.8. The van der Waals surface area contributed by atoms with Gasteiger partial charge in [0.25, 0.3) is 0 Å². The first kappa shape index (κ1) is 21.8. The molecule has 1 rings (SSSR count). The monoisotopic (exact) mass is 366 g/mol. The van der Waals surface area contributed by atoms with Gasteiger partial charge in [-0.3, -0.25) is 0 Å². The normalized spacial score (nSPS) is 12.2. The van der Waals surface area contributed by atoms with Crippen LogP contribution in [0.25, 0.3) is 0 Å². The summed E-state index contributed by atoms with van der Waals surface area (Å²) in [5.74, 6) is 0. The number of hydrogen-bond donors (Lipinski definition) is 3. The molecule has 146 valence electrons. The van der Waals surface area contributed by atoms with Crippen LogP contribution in [-0.4, -0.2) is 42.1 Å². The van der Waals surface area contributed by atoms with Gasteiger partial charge < -0.3 is 25.2 Å². The summed E-state index contributed by atoms with van der Waals surface area (Å²) in [5, 5.41) is 14.7. The number of benzene rings is 1. The van der Waals surface area contributed by atoms with Crippen molar-refractivity contribution in [2.75, 3.05) is 13.2 Å². The van der Waals surface area contributed by atoms with Crippen LogP contribution >= 0.6 is 0 Å². The maximum absolute atomic E-state index is 11.8. The first-order valence-corrected chi connectivity index (χ1v) is 8.85. The number of aliphatic hydroxyl groups excluding tert-OH is 1. The predicted octanol–water partition coefficient (Wildman–Crippen LogP) is 2.97. The molecule has 0 aliphatic rings. The van der Waals surface area contributed by atoms with E-state index in [0.717, 1.165) is 18.4 Å². The minimum absolute atomic E-state index is 0.167. The summed E-state index contributed by atoms with van der Waals surface area (Å²) in [6.45, 7) is 5.92. The number of amides is 2. The summed E-state index contributed by atoms with van der Waals surface area (Å²) in [6, 6.07) is 9.00. The van der Waals surface area contributed by atoms with E-state index in [1.54, 1.807) is 20.8 Å². The summed E-state index contributed by atoms with van der Waals surface area (Å²) in [7, 11) is 0. The van der Waals surface area contributed by atoms with Gasteiger partial charge in [0.05, 0.1) is 12.6 Å². The highest BCUT2D eigenvalue weighted by atomic mass is 16.6. The van der Waals surface area contributed by atoms with Crippen LogP contribution in [0.5, 0.6) is 0 Å². The fourth-order valence-electron chi connectivity index (χ4n) is 2.16. The van der Waals surface area contributed by atoms with Gasteiger partial charge in [-0.1, -0.05) is 30.3 Å². The molecule has 0 aromatic heterocycles. The van der Waals surface area contributed by atoms with E-state index in [0.29, 0.717) is 13.0 Å². The molecule has 26 heavy (non-hydrogen) atoms. The van der Waals surface area contributed by atoms with Crippen LogP contribution in [0.15, 0.2) is 30.3 Å². The van der Waals surface area contributed by atoms with Crippen molar-refractivity contribution in [3.8, 4) is 0 Å². The lowest BCUT2D eigenvalue weighted by atomic mass is 10.1. The Morgan fingerprint density at radius 1 is 1.12 bits per heavy atom. The number of carbonyl (C=O) groups excluding carboxylic acids is 2. The Kier molecular flexibility index (Phi) is 9.51.